The Bertz CT molecular complexity index is 3090. The van der Waals surface area contributed by atoms with Crippen LogP contribution in [0.2, 0.25) is 0 Å². The van der Waals surface area contributed by atoms with Crippen LogP contribution in [0.15, 0.2) is 97.1 Å². The maximum Gasteiger partial charge on any atom is 0.204 e. The molecule has 0 saturated heterocycles. The number of ether oxygens (including phenoxy) is 1. The fraction of sp³-hybridized carbons (Fsp3) is 0.0638. The maximum atomic E-state index is 16.4. The molecule has 0 aliphatic carbocycles. The lowest BCUT2D eigenvalue weighted by molar-refractivity contribution is 0.0504. The number of phenols is 3. The van der Waals surface area contributed by atoms with Gasteiger partial charge in [0.2, 0.25) is 11.6 Å². The fourth-order valence-electron chi connectivity index (χ4n) is 7.55. The van der Waals surface area contributed by atoms with E-state index in [0.29, 0.717) is 61.3 Å². The minimum absolute atomic E-state index is 0.0181. The Morgan fingerprint density at radius 1 is 0.492 bits per heavy atom. The second-order valence-electron chi connectivity index (χ2n) is 14.3. The van der Waals surface area contributed by atoms with Gasteiger partial charge in [-0.05, 0) is 102 Å². The first-order valence-electron chi connectivity index (χ1n) is 18.8. The molecule has 0 fully saturated rings. The summed E-state index contributed by atoms with van der Waals surface area (Å²) in [5.41, 5.74) is 3.94. The van der Waals surface area contributed by atoms with Gasteiger partial charge in [0.15, 0.2) is 17.4 Å². The van der Waals surface area contributed by atoms with E-state index in [2.05, 4.69) is 9.97 Å². The highest BCUT2D eigenvalue weighted by Crippen LogP contribution is 2.42. The SMILES string of the molecule is OCC(O)COc1c(F)c(F)c(-c2c3nc(c(-c4cccc(O)c4)c4ccc([nH]4)c(-c4cccc(O)c4)c4nc(c(-c5cccc(O)c5)c5ccc2[nH]5)C=C4)C=C3)c(F)c1F. The third-order valence-corrected chi connectivity index (χ3v) is 10.3. The number of H-pyrrole nitrogens is 2. The number of rotatable bonds is 8. The number of aromatic amines is 2. The van der Waals surface area contributed by atoms with Crippen molar-refractivity contribution in [2.24, 2.45) is 0 Å². The van der Waals surface area contributed by atoms with E-state index in [1.54, 1.807) is 72.8 Å². The number of hydrogen-bond donors (Lipinski definition) is 7. The lowest BCUT2D eigenvalue weighted by atomic mass is 10.0. The van der Waals surface area contributed by atoms with Crippen LogP contribution in [-0.2, 0) is 0 Å². The van der Waals surface area contributed by atoms with Crippen molar-refractivity contribution in [1.82, 2.24) is 19.9 Å². The lowest BCUT2D eigenvalue weighted by Gasteiger charge is -2.15. The molecule has 0 saturated carbocycles. The molecule has 7 aromatic rings. The van der Waals surface area contributed by atoms with Crippen LogP contribution in [-0.4, -0.2) is 64.8 Å². The van der Waals surface area contributed by atoms with Crippen LogP contribution in [0.5, 0.6) is 23.0 Å². The van der Waals surface area contributed by atoms with Crippen LogP contribution in [0.25, 0.3) is 90.9 Å². The zero-order chi connectivity index (χ0) is 42.5. The number of halogens is 4. The number of aliphatic hydroxyl groups is 2. The Labute approximate surface area is 343 Å². The molecule has 14 heteroatoms. The van der Waals surface area contributed by atoms with E-state index in [1.165, 1.54) is 36.4 Å². The van der Waals surface area contributed by atoms with E-state index in [0.717, 1.165) is 0 Å². The number of aliphatic hydroxyl groups excluding tert-OH is 2. The molecule has 2 aliphatic rings. The number of phenolic OH excluding ortho intramolecular Hbond substituents is 3. The highest BCUT2D eigenvalue weighted by molar-refractivity contribution is 6.00. The number of aromatic nitrogens is 4. The van der Waals surface area contributed by atoms with Gasteiger partial charge in [-0.3, -0.25) is 0 Å². The van der Waals surface area contributed by atoms with E-state index in [-0.39, 0.29) is 39.7 Å². The summed E-state index contributed by atoms with van der Waals surface area (Å²) in [6.07, 6.45) is 4.92. The van der Waals surface area contributed by atoms with E-state index in [9.17, 15) is 20.4 Å². The van der Waals surface area contributed by atoms with E-state index < -0.39 is 53.9 Å². The van der Waals surface area contributed by atoms with Crippen LogP contribution < -0.4 is 4.74 Å². The van der Waals surface area contributed by atoms with Crippen molar-refractivity contribution in [3.63, 3.8) is 0 Å². The molecule has 4 aromatic carbocycles. The number of nitrogens with one attached hydrogen (secondary N) is 2. The summed E-state index contributed by atoms with van der Waals surface area (Å²) in [5, 5.41) is 50.7. The van der Waals surface area contributed by atoms with Gasteiger partial charge in [0.05, 0.1) is 34.9 Å². The molecule has 0 spiro atoms. The maximum absolute atomic E-state index is 16.4. The van der Waals surface area contributed by atoms with Crippen molar-refractivity contribution in [3.05, 3.63) is 143 Å². The number of nitrogens with zero attached hydrogens (tertiary/aromatic N) is 2. The Morgan fingerprint density at radius 2 is 0.852 bits per heavy atom. The molecular formula is C47H32F4N4O6. The topological polar surface area (TPSA) is 168 Å². The smallest absolute Gasteiger partial charge is 0.204 e. The van der Waals surface area contributed by atoms with E-state index in [4.69, 9.17) is 19.8 Å². The van der Waals surface area contributed by atoms with Crippen molar-refractivity contribution >= 4 is 46.4 Å². The first-order valence-corrected chi connectivity index (χ1v) is 18.8. The third-order valence-electron chi connectivity index (χ3n) is 10.3. The zero-order valence-corrected chi connectivity index (χ0v) is 31.6. The van der Waals surface area contributed by atoms with Crippen LogP contribution >= 0.6 is 0 Å². The monoisotopic (exact) mass is 824 g/mol. The molecule has 0 amide bonds. The second kappa shape index (κ2) is 15.5. The molecule has 61 heavy (non-hydrogen) atoms. The Balaban J connectivity index is 1.46. The van der Waals surface area contributed by atoms with Gasteiger partial charge < -0.3 is 40.2 Å². The van der Waals surface area contributed by atoms with Crippen LogP contribution in [0.4, 0.5) is 17.6 Å². The van der Waals surface area contributed by atoms with Gasteiger partial charge in [0.25, 0.3) is 0 Å². The van der Waals surface area contributed by atoms with Gasteiger partial charge in [0.1, 0.15) is 30.0 Å². The molecule has 1 atom stereocenters. The van der Waals surface area contributed by atoms with Crippen molar-refractivity contribution in [2.45, 2.75) is 6.10 Å². The van der Waals surface area contributed by atoms with E-state index in [1.807, 2.05) is 12.1 Å². The Morgan fingerprint density at radius 3 is 1.21 bits per heavy atom. The summed E-state index contributed by atoms with van der Waals surface area (Å²) in [6.45, 7) is -1.70. The number of aromatic hydroxyl groups is 3. The molecule has 2 aliphatic heterocycles. The zero-order valence-electron chi connectivity index (χ0n) is 31.6. The van der Waals surface area contributed by atoms with Crippen LogP contribution in [0.1, 0.15) is 22.8 Å². The number of hydrogen-bond acceptors (Lipinski definition) is 8. The summed E-state index contributed by atoms with van der Waals surface area (Å²) >= 11 is 0. The van der Waals surface area contributed by atoms with E-state index >= 15 is 17.6 Å². The summed E-state index contributed by atoms with van der Waals surface area (Å²) < 4.78 is 69.5. The normalized spacial score (nSPS) is 12.6. The van der Waals surface area contributed by atoms with Crippen molar-refractivity contribution in [2.75, 3.05) is 13.2 Å². The van der Waals surface area contributed by atoms with Crippen LogP contribution in [0, 0.1) is 23.3 Å². The standard InChI is InChI=1S/C47H32F4N4O6/c48-43-42(44(49)46(51)47(45(43)50)61-22-29(60)21-56)41-36-16-14-34(54-36)39(24-5-2-8-27(58)19-24)32-12-10-30(52-32)38(23-4-1-7-26(57)18-23)31-11-13-33(53-31)40(35-15-17-37(41)55-35)25-6-3-9-28(59)20-25/h1-20,29,52,55-60H,21-22H2. The first-order chi connectivity index (χ1) is 29.5. The molecule has 7 N–H and O–H groups in total. The summed E-state index contributed by atoms with van der Waals surface area (Å²) in [4.78, 5) is 16.5. The third kappa shape index (κ3) is 7.03. The van der Waals surface area contributed by atoms with Gasteiger partial charge in [-0.2, -0.15) is 8.78 Å². The molecule has 9 rings (SSSR count). The predicted molar refractivity (Wildman–Crippen MR) is 224 cm³/mol. The predicted octanol–water partition coefficient (Wildman–Crippen LogP) is 9.73. The van der Waals surface area contributed by atoms with Gasteiger partial charge in [-0.1, -0.05) is 36.4 Å². The highest BCUT2D eigenvalue weighted by Gasteiger charge is 2.31. The van der Waals surface area contributed by atoms with Crippen molar-refractivity contribution in [3.8, 4) is 67.5 Å². The Hall–Kier alpha value is -7.68. The molecule has 304 valence electrons. The van der Waals surface area contributed by atoms with Gasteiger partial charge in [-0.15, -0.1) is 0 Å². The lowest BCUT2D eigenvalue weighted by Crippen LogP contribution is -2.22. The molecule has 1 unspecified atom stereocenters. The summed E-state index contributed by atoms with van der Waals surface area (Å²) in [5.74, 6) is -8.95. The molecule has 8 bridgehead atoms. The molecule has 3 aromatic heterocycles. The van der Waals surface area contributed by atoms with Gasteiger partial charge in [0, 0.05) is 44.3 Å². The minimum Gasteiger partial charge on any atom is -0.508 e. The highest BCUT2D eigenvalue weighted by atomic mass is 19.2. The molecular weight excluding hydrogens is 793 g/mol. The number of fused-ring (bicyclic) bond motifs is 8. The van der Waals surface area contributed by atoms with Gasteiger partial charge >= 0.3 is 0 Å². The summed E-state index contributed by atoms with van der Waals surface area (Å²) in [6, 6.07) is 26.0. The first kappa shape index (κ1) is 38.8. The second-order valence-corrected chi connectivity index (χ2v) is 14.3. The number of benzene rings is 4. The Kier molecular flexibility index (Phi) is 9.86. The molecule has 5 heterocycles. The van der Waals surface area contributed by atoms with Crippen molar-refractivity contribution < 1.29 is 47.8 Å². The average molecular weight is 825 g/mol. The quantitative estimate of drug-likeness (QED) is 0.0587. The minimum atomic E-state index is -1.89. The molecule has 0 radical (unpaired) electrons. The van der Waals surface area contributed by atoms with Gasteiger partial charge in [-0.25, -0.2) is 18.7 Å². The molecule has 10 nitrogen and oxygen atoms in total. The average Bonchev–Trinajstić information content (AvgIpc) is 4.09. The van der Waals surface area contributed by atoms with Crippen molar-refractivity contribution in [1.29, 1.82) is 0 Å². The fourth-order valence-corrected chi connectivity index (χ4v) is 7.55. The largest absolute Gasteiger partial charge is 0.508 e. The van der Waals surface area contributed by atoms with Crippen LogP contribution in [0.3, 0.4) is 0 Å². The summed E-state index contributed by atoms with van der Waals surface area (Å²) in [7, 11) is 0.